The van der Waals surface area contributed by atoms with Gasteiger partial charge in [0, 0.05) is 42.7 Å². The lowest BCUT2D eigenvalue weighted by molar-refractivity contribution is 0.0708. The molecule has 0 N–H and O–H groups in total. The van der Waals surface area contributed by atoms with Crippen LogP contribution in [0.3, 0.4) is 0 Å². The number of benzene rings is 1. The second-order valence-corrected chi connectivity index (χ2v) is 9.08. The first-order valence-electron chi connectivity index (χ1n) is 10.4. The molecule has 0 radical (unpaired) electrons. The van der Waals surface area contributed by atoms with Crippen molar-refractivity contribution in [3.05, 3.63) is 29.8 Å². The van der Waals surface area contributed by atoms with Gasteiger partial charge in [0.25, 0.3) is 5.91 Å². The normalized spacial score (nSPS) is 25.1. The second-order valence-electron chi connectivity index (χ2n) is 7.91. The van der Waals surface area contributed by atoms with Gasteiger partial charge in [-0.1, -0.05) is 6.42 Å². The highest BCUT2D eigenvalue weighted by Gasteiger charge is 2.31. The first kappa shape index (κ1) is 18.3. The van der Waals surface area contributed by atoms with E-state index >= 15 is 0 Å². The zero-order valence-corrected chi connectivity index (χ0v) is 16.6. The van der Waals surface area contributed by atoms with Gasteiger partial charge < -0.3 is 9.80 Å². The van der Waals surface area contributed by atoms with Gasteiger partial charge in [-0.3, -0.25) is 4.79 Å². The fraction of sp³-hybridized carbons (Fsp3) is 0.667. The summed E-state index contributed by atoms with van der Waals surface area (Å²) >= 11 is 1.84. The Kier molecular flexibility index (Phi) is 6.18. The highest BCUT2D eigenvalue weighted by molar-refractivity contribution is 7.97. The summed E-state index contributed by atoms with van der Waals surface area (Å²) in [4.78, 5) is 18.9. The number of hydrogen-bond acceptors (Lipinski definition) is 4. The van der Waals surface area contributed by atoms with Crippen LogP contribution in [0, 0.1) is 0 Å². The maximum atomic E-state index is 13.0. The number of nitrogens with zero attached hydrogens (tertiary/aromatic N) is 3. The minimum atomic E-state index is 0.223. The maximum Gasteiger partial charge on any atom is 0.254 e. The Hall–Kier alpha value is -1.04. The van der Waals surface area contributed by atoms with E-state index in [1.807, 2.05) is 24.1 Å². The molecule has 0 bridgehead atoms. The lowest BCUT2D eigenvalue weighted by atomic mass is 10.1. The summed E-state index contributed by atoms with van der Waals surface area (Å²) in [6.07, 6.45) is 8.90. The molecule has 142 valence electrons. The number of carbonyl (C=O) groups excluding carboxylic acids is 1. The van der Waals surface area contributed by atoms with Gasteiger partial charge in [0.05, 0.1) is 0 Å². The minimum Gasteiger partial charge on any atom is -0.334 e. The number of piperidine rings is 1. The van der Waals surface area contributed by atoms with Crippen LogP contribution in [0.2, 0.25) is 0 Å². The molecular formula is C21H31N3OS. The highest BCUT2D eigenvalue weighted by atomic mass is 32.2. The van der Waals surface area contributed by atoms with Crippen molar-refractivity contribution in [2.45, 2.75) is 55.9 Å². The van der Waals surface area contributed by atoms with Crippen molar-refractivity contribution in [1.29, 1.82) is 0 Å². The fourth-order valence-corrected chi connectivity index (χ4v) is 5.48. The number of carbonyl (C=O) groups is 1. The molecule has 3 aliphatic heterocycles. The molecule has 26 heavy (non-hydrogen) atoms. The number of rotatable bonds is 5. The summed E-state index contributed by atoms with van der Waals surface area (Å²) in [6.45, 7) is 6.76. The Labute approximate surface area is 162 Å². The minimum absolute atomic E-state index is 0.223. The van der Waals surface area contributed by atoms with Crippen molar-refractivity contribution in [2.75, 3.05) is 39.3 Å². The number of likely N-dealkylation sites (tertiary alicyclic amines) is 2. The van der Waals surface area contributed by atoms with Crippen LogP contribution in [-0.2, 0) is 0 Å². The van der Waals surface area contributed by atoms with Gasteiger partial charge in [-0.15, -0.1) is 0 Å². The Morgan fingerprint density at radius 1 is 0.885 bits per heavy atom. The topological polar surface area (TPSA) is 26.8 Å². The van der Waals surface area contributed by atoms with Gasteiger partial charge in [-0.2, -0.15) is 0 Å². The van der Waals surface area contributed by atoms with Crippen LogP contribution in [0.15, 0.2) is 29.2 Å². The van der Waals surface area contributed by atoms with E-state index in [1.165, 1.54) is 63.2 Å². The van der Waals surface area contributed by atoms with E-state index in [0.29, 0.717) is 6.04 Å². The van der Waals surface area contributed by atoms with Crippen LogP contribution in [0.1, 0.15) is 55.3 Å². The zero-order chi connectivity index (χ0) is 17.8. The van der Waals surface area contributed by atoms with E-state index in [0.717, 1.165) is 31.5 Å². The highest BCUT2D eigenvalue weighted by Crippen LogP contribution is 2.27. The van der Waals surface area contributed by atoms with Gasteiger partial charge in [-0.05, 0) is 87.8 Å². The smallest absolute Gasteiger partial charge is 0.254 e. The van der Waals surface area contributed by atoms with Crippen LogP contribution >= 0.6 is 11.9 Å². The molecule has 4 rings (SSSR count). The third-order valence-corrected chi connectivity index (χ3v) is 7.06. The van der Waals surface area contributed by atoms with Crippen LogP contribution < -0.4 is 0 Å². The predicted octanol–water partition coefficient (Wildman–Crippen LogP) is 3.88. The molecule has 5 heteroatoms. The molecule has 3 fully saturated rings. The van der Waals surface area contributed by atoms with E-state index in [2.05, 4.69) is 26.2 Å². The molecule has 0 aromatic heterocycles. The Balaban J connectivity index is 1.35. The van der Waals surface area contributed by atoms with Crippen molar-refractivity contribution in [2.24, 2.45) is 0 Å². The molecule has 0 spiro atoms. The summed E-state index contributed by atoms with van der Waals surface area (Å²) in [5.74, 6) is 0.223. The average molecular weight is 374 g/mol. The molecule has 3 heterocycles. The SMILES string of the molecule is O=C(c1ccc(SN2CCCCC2)cc1)N1CCCC1CN1CCCC1. The standard InChI is InChI=1S/C21H31N3OS/c25-21(24-16-6-7-19(24)17-22-12-4-5-13-22)18-8-10-20(11-9-18)26-23-14-2-1-3-15-23/h8-11,19H,1-7,12-17H2. The second kappa shape index (κ2) is 8.77. The van der Waals surface area contributed by atoms with Crippen molar-refractivity contribution < 1.29 is 4.79 Å². The monoisotopic (exact) mass is 373 g/mol. The summed E-state index contributed by atoms with van der Waals surface area (Å²) in [5, 5.41) is 0. The quantitative estimate of drug-likeness (QED) is 0.732. The molecular weight excluding hydrogens is 342 g/mol. The van der Waals surface area contributed by atoms with Crippen molar-refractivity contribution in [3.8, 4) is 0 Å². The molecule has 3 saturated heterocycles. The zero-order valence-electron chi connectivity index (χ0n) is 15.7. The molecule has 1 unspecified atom stereocenters. The van der Waals surface area contributed by atoms with E-state index < -0.39 is 0 Å². The van der Waals surface area contributed by atoms with E-state index in [1.54, 1.807) is 0 Å². The fourth-order valence-electron chi connectivity index (χ4n) is 4.49. The summed E-state index contributed by atoms with van der Waals surface area (Å²) < 4.78 is 2.45. The third-order valence-electron chi connectivity index (χ3n) is 5.96. The Morgan fingerprint density at radius 3 is 2.31 bits per heavy atom. The van der Waals surface area contributed by atoms with Gasteiger partial charge in [0.1, 0.15) is 0 Å². The lowest BCUT2D eigenvalue weighted by Crippen LogP contribution is -2.42. The molecule has 1 amide bonds. The molecule has 1 atom stereocenters. The van der Waals surface area contributed by atoms with Crippen molar-refractivity contribution in [3.63, 3.8) is 0 Å². The van der Waals surface area contributed by atoms with Crippen LogP contribution in [0.4, 0.5) is 0 Å². The van der Waals surface area contributed by atoms with E-state index in [9.17, 15) is 4.79 Å². The maximum absolute atomic E-state index is 13.0. The van der Waals surface area contributed by atoms with Crippen molar-refractivity contribution in [1.82, 2.24) is 14.1 Å². The van der Waals surface area contributed by atoms with E-state index in [4.69, 9.17) is 0 Å². The number of amides is 1. The average Bonchev–Trinajstić information content (AvgIpc) is 3.35. The van der Waals surface area contributed by atoms with Gasteiger partial charge >= 0.3 is 0 Å². The molecule has 1 aromatic rings. The molecule has 0 saturated carbocycles. The lowest BCUT2D eigenvalue weighted by Gasteiger charge is -2.28. The van der Waals surface area contributed by atoms with Crippen LogP contribution in [0.5, 0.6) is 0 Å². The third kappa shape index (κ3) is 4.44. The van der Waals surface area contributed by atoms with Gasteiger partial charge in [0.15, 0.2) is 0 Å². The van der Waals surface area contributed by atoms with E-state index in [-0.39, 0.29) is 5.91 Å². The Morgan fingerprint density at radius 2 is 1.58 bits per heavy atom. The number of hydrogen-bond donors (Lipinski definition) is 0. The van der Waals surface area contributed by atoms with Gasteiger partial charge in [-0.25, -0.2) is 4.31 Å². The first-order valence-corrected chi connectivity index (χ1v) is 11.1. The molecule has 4 nitrogen and oxygen atoms in total. The largest absolute Gasteiger partial charge is 0.334 e. The summed E-state index contributed by atoms with van der Waals surface area (Å²) in [5.41, 5.74) is 0.848. The van der Waals surface area contributed by atoms with Crippen molar-refractivity contribution >= 4 is 17.9 Å². The van der Waals surface area contributed by atoms with Crippen LogP contribution in [0.25, 0.3) is 0 Å². The molecule has 3 aliphatic rings. The first-order chi connectivity index (χ1) is 12.8. The molecule has 0 aliphatic carbocycles. The Bertz CT molecular complexity index is 594. The predicted molar refractivity (Wildman–Crippen MR) is 107 cm³/mol. The molecule has 1 aromatic carbocycles. The van der Waals surface area contributed by atoms with Gasteiger partial charge in [0.2, 0.25) is 0 Å². The van der Waals surface area contributed by atoms with Crippen LogP contribution in [-0.4, -0.2) is 65.3 Å². The summed E-state index contributed by atoms with van der Waals surface area (Å²) in [7, 11) is 0. The summed E-state index contributed by atoms with van der Waals surface area (Å²) in [6, 6.07) is 8.71.